The van der Waals surface area contributed by atoms with E-state index in [9.17, 15) is 0 Å². The minimum atomic E-state index is 0.646. The van der Waals surface area contributed by atoms with Crippen molar-refractivity contribution in [2.24, 2.45) is 5.73 Å². The van der Waals surface area contributed by atoms with Crippen LogP contribution >= 0.6 is 11.3 Å². The van der Waals surface area contributed by atoms with Gasteiger partial charge in [0.2, 0.25) is 0 Å². The van der Waals surface area contributed by atoms with Gasteiger partial charge in [-0.15, -0.1) is 11.3 Å². The highest BCUT2D eigenvalue weighted by Crippen LogP contribution is 2.29. The van der Waals surface area contributed by atoms with E-state index in [1.165, 1.54) is 4.88 Å². The minimum absolute atomic E-state index is 0.646. The van der Waals surface area contributed by atoms with E-state index in [4.69, 9.17) is 10.7 Å². The van der Waals surface area contributed by atoms with E-state index in [0.29, 0.717) is 6.54 Å². The average molecular weight is 283 g/mol. The summed E-state index contributed by atoms with van der Waals surface area (Å²) >= 11 is 1.74. The molecule has 0 spiro atoms. The van der Waals surface area contributed by atoms with Crippen LogP contribution in [0.25, 0.3) is 16.3 Å². The lowest BCUT2D eigenvalue weighted by atomic mass is 10.2. The van der Waals surface area contributed by atoms with Gasteiger partial charge in [0.1, 0.15) is 5.01 Å². The van der Waals surface area contributed by atoms with E-state index in [0.717, 1.165) is 28.4 Å². The van der Waals surface area contributed by atoms with Crippen LogP contribution in [0.4, 0.5) is 0 Å². The molecular weight excluding hydrogens is 266 g/mol. The number of aryl methyl sites for hydroxylation is 1. The third-order valence-electron chi connectivity index (χ3n) is 3.27. The van der Waals surface area contributed by atoms with Crippen LogP contribution in [0.3, 0.4) is 0 Å². The summed E-state index contributed by atoms with van der Waals surface area (Å²) in [5.74, 6) is 0. The van der Waals surface area contributed by atoms with Gasteiger partial charge in [-0.1, -0.05) is 12.1 Å². The molecule has 0 saturated heterocycles. The van der Waals surface area contributed by atoms with Gasteiger partial charge in [-0.05, 0) is 37.7 Å². The summed E-state index contributed by atoms with van der Waals surface area (Å²) in [6, 6.07) is 12.5. The zero-order valence-electron chi connectivity index (χ0n) is 11.4. The predicted octanol–water partition coefficient (Wildman–Crippen LogP) is 3.41. The van der Waals surface area contributed by atoms with Crippen molar-refractivity contribution >= 4 is 11.3 Å². The van der Waals surface area contributed by atoms with Crippen LogP contribution in [0.2, 0.25) is 0 Å². The second-order valence-corrected chi connectivity index (χ2v) is 5.90. The molecule has 0 unspecified atom stereocenters. The summed E-state index contributed by atoms with van der Waals surface area (Å²) in [4.78, 5) is 5.98. The van der Waals surface area contributed by atoms with Gasteiger partial charge >= 0.3 is 0 Å². The van der Waals surface area contributed by atoms with Crippen LogP contribution in [-0.2, 0) is 6.42 Å². The summed E-state index contributed by atoms with van der Waals surface area (Å²) in [7, 11) is 0. The number of thiazole rings is 1. The van der Waals surface area contributed by atoms with Crippen LogP contribution in [0.15, 0.2) is 48.8 Å². The summed E-state index contributed by atoms with van der Waals surface area (Å²) in [5, 5.41) is 1.07. The number of hydrogen-bond donors (Lipinski definition) is 1. The molecule has 0 bridgehead atoms. The summed E-state index contributed by atoms with van der Waals surface area (Å²) < 4.78 is 2.10. The lowest BCUT2D eigenvalue weighted by molar-refractivity contribution is 0.927. The summed E-state index contributed by atoms with van der Waals surface area (Å²) in [6.07, 6.45) is 4.94. The first-order chi connectivity index (χ1) is 9.78. The number of nitrogens with zero attached hydrogens (tertiary/aromatic N) is 2. The van der Waals surface area contributed by atoms with Crippen molar-refractivity contribution in [1.82, 2.24) is 9.55 Å². The second kappa shape index (κ2) is 5.61. The molecule has 20 heavy (non-hydrogen) atoms. The van der Waals surface area contributed by atoms with Crippen LogP contribution in [0, 0.1) is 6.92 Å². The maximum absolute atomic E-state index is 5.63. The monoisotopic (exact) mass is 283 g/mol. The zero-order valence-corrected chi connectivity index (χ0v) is 12.2. The van der Waals surface area contributed by atoms with Gasteiger partial charge in [0.05, 0.1) is 5.69 Å². The maximum atomic E-state index is 5.63. The standard InChI is InChI=1S/C16H17N3S/c1-12-15(7-8-17)18-16(20-12)13-5-4-6-14(11-13)19-9-2-3-10-19/h2-6,9-11H,7-8,17H2,1H3. The SMILES string of the molecule is Cc1sc(-c2cccc(-n3cccc3)c2)nc1CCN. The van der Waals surface area contributed by atoms with Crippen LogP contribution < -0.4 is 5.73 Å². The van der Waals surface area contributed by atoms with Crippen molar-refractivity contribution in [2.45, 2.75) is 13.3 Å². The smallest absolute Gasteiger partial charge is 0.123 e. The second-order valence-electron chi connectivity index (χ2n) is 4.70. The summed E-state index contributed by atoms with van der Waals surface area (Å²) in [6.45, 7) is 2.76. The molecule has 0 amide bonds. The van der Waals surface area contributed by atoms with Crippen molar-refractivity contribution in [3.8, 4) is 16.3 Å². The molecule has 1 aromatic carbocycles. The number of rotatable bonds is 4. The first-order valence-electron chi connectivity index (χ1n) is 6.68. The lowest BCUT2D eigenvalue weighted by Crippen LogP contribution is -2.03. The average Bonchev–Trinajstić information content (AvgIpc) is 3.10. The number of nitrogens with two attached hydrogens (primary N) is 1. The van der Waals surface area contributed by atoms with E-state index in [2.05, 4.69) is 35.8 Å². The Bertz CT molecular complexity index is 698. The molecule has 102 valence electrons. The number of aromatic nitrogens is 2. The fraction of sp³-hybridized carbons (Fsp3) is 0.188. The first kappa shape index (κ1) is 13.1. The molecule has 0 aliphatic heterocycles. The Labute approximate surface area is 122 Å². The molecule has 3 nitrogen and oxygen atoms in total. The predicted molar refractivity (Wildman–Crippen MR) is 84.4 cm³/mol. The van der Waals surface area contributed by atoms with E-state index in [1.807, 2.05) is 24.5 Å². The maximum Gasteiger partial charge on any atom is 0.123 e. The third kappa shape index (κ3) is 2.53. The van der Waals surface area contributed by atoms with Crippen molar-refractivity contribution in [3.05, 3.63) is 59.4 Å². The van der Waals surface area contributed by atoms with Crippen molar-refractivity contribution in [3.63, 3.8) is 0 Å². The van der Waals surface area contributed by atoms with Gasteiger partial charge in [-0.25, -0.2) is 4.98 Å². The fourth-order valence-electron chi connectivity index (χ4n) is 2.23. The van der Waals surface area contributed by atoms with Gasteiger partial charge in [0.15, 0.2) is 0 Å². The van der Waals surface area contributed by atoms with Crippen LogP contribution in [0.5, 0.6) is 0 Å². The van der Waals surface area contributed by atoms with E-state index in [1.54, 1.807) is 11.3 Å². The molecule has 0 radical (unpaired) electrons. The molecule has 3 rings (SSSR count). The normalized spacial score (nSPS) is 10.9. The number of benzene rings is 1. The van der Waals surface area contributed by atoms with E-state index in [-0.39, 0.29) is 0 Å². The Hall–Kier alpha value is -1.91. The minimum Gasteiger partial charge on any atom is -0.330 e. The van der Waals surface area contributed by atoms with Crippen LogP contribution in [-0.4, -0.2) is 16.1 Å². The molecule has 2 heterocycles. The molecule has 0 aliphatic carbocycles. The largest absolute Gasteiger partial charge is 0.330 e. The van der Waals surface area contributed by atoms with E-state index >= 15 is 0 Å². The highest BCUT2D eigenvalue weighted by atomic mass is 32.1. The fourth-order valence-corrected chi connectivity index (χ4v) is 3.18. The molecule has 2 aromatic heterocycles. The van der Waals surface area contributed by atoms with Crippen molar-refractivity contribution < 1.29 is 0 Å². The third-order valence-corrected chi connectivity index (χ3v) is 4.33. The Morgan fingerprint density at radius 1 is 1.20 bits per heavy atom. The highest BCUT2D eigenvalue weighted by Gasteiger charge is 2.09. The van der Waals surface area contributed by atoms with Gasteiger partial charge < -0.3 is 10.3 Å². The topological polar surface area (TPSA) is 43.8 Å². The van der Waals surface area contributed by atoms with Gasteiger partial charge in [0.25, 0.3) is 0 Å². The number of hydrogen-bond acceptors (Lipinski definition) is 3. The molecule has 0 fully saturated rings. The van der Waals surface area contributed by atoms with Crippen molar-refractivity contribution in [2.75, 3.05) is 6.54 Å². The molecule has 3 aromatic rings. The summed E-state index contributed by atoms with van der Waals surface area (Å²) in [5.41, 5.74) is 9.06. The van der Waals surface area contributed by atoms with Gasteiger partial charge in [-0.3, -0.25) is 0 Å². The zero-order chi connectivity index (χ0) is 13.9. The van der Waals surface area contributed by atoms with Crippen molar-refractivity contribution in [1.29, 1.82) is 0 Å². The molecule has 0 aliphatic rings. The molecule has 0 saturated carbocycles. The Kier molecular flexibility index (Phi) is 3.67. The molecule has 2 N–H and O–H groups in total. The molecular formula is C16H17N3S. The van der Waals surface area contributed by atoms with Gasteiger partial charge in [-0.2, -0.15) is 0 Å². The van der Waals surface area contributed by atoms with Crippen LogP contribution in [0.1, 0.15) is 10.6 Å². The quantitative estimate of drug-likeness (QED) is 0.797. The Morgan fingerprint density at radius 3 is 2.75 bits per heavy atom. The Balaban J connectivity index is 1.98. The Morgan fingerprint density at radius 2 is 2.00 bits per heavy atom. The highest BCUT2D eigenvalue weighted by molar-refractivity contribution is 7.15. The molecule has 4 heteroatoms. The lowest BCUT2D eigenvalue weighted by Gasteiger charge is -2.04. The molecule has 0 atom stereocenters. The van der Waals surface area contributed by atoms with E-state index < -0.39 is 0 Å². The first-order valence-corrected chi connectivity index (χ1v) is 7.50. The van der Waals surface area contributed by atoms with Gasteiger partial charge in [0, 0.05) is 34.9 Å².